The van der Waals surface area contributed by atoms with E-state index < -0.39 is 32.3 Å². The highest BCUT2D eigenvalue weighted by molar-refractivity contribution is 7.87. The van der Waals surface area contributed by atoms with E-state index >= 15 is 0 Å². The van der Waals surface area contributed by atoms with Crippen molar-refractivity contribution in [2.45, 2.75) is 154 Å². The summed E-state index contributed by atoms with van der Waals surface area (Å²) in [5.74, 6) is -1.43. The Morgan fingerprint density at radius 2 is 1.08 bits per heavy atom. The molecule has 0 heterocycles. The van der Waals surface area contributed by atoms with Gasteiger partial charge in [-0.15, -0.1) is 0 Å². The number of quaternary nitrogens is 1. The molecule has 0 aromatic heterocycles. The van der Waals surface area contributed by atoms with Gasteiger partial charge in [0.25, 0.3) is 10.1 Å². The number of likely N-dealkylation sites (N-methyl/N-ethyl adjacent to an activating group) is 1. The van der Waals surface area contributed by atoms with Gasteiger partial charge in [-0.3, -0.25) is 4.55 Å². The Morgan fingerprint density at radius 3 is 1.33 bits per heavy atom. The van der Waals surface area contributed by atoms with Crippen molar-refractivity contribution in [1.82, 2.24) is 0 Å². The highest BCUT2D eigenvalue weighted by atomic mass is 32.2. The average Bonchev–Trinajstić information content (AvgIpc) is 2.75. The van der Waals surface area contributed by atoms with Gasteiger partial charge in [0.2, 0.25) is 0 Å². The molecule has 36 heavy (non-hydrogen) atoms. The first-order chi connectivity index (χ1) is 16.7. The first-order valence-corrected chi connectivity index (χ1v) is 16.1. The summed E-state index contributed by atoms with van der Waals surface area (Å²) >= 11 is 0. The molecule has 0 aliphatic carbocycles. The smallest absolute Gasteiger partial charge is 0.277 e. The molecule has 2 unspecified atom stereocenters. The van der Waals surface area contributed by atoms with Crippen LogP contribution in [0.25, 0.3) is 0 Å². The van der Waals surface area contributed by atoms with Gasteiger partial charge in [0, 0.05) is 0 Å². The number of aliphatic carboxylic acids is 1. The molecule has 0 aliphatic heterocycles. The zero-order valence-electron chi connectivity index (χ0n) is 24.7. The Kier molecular flexibility index (Phi) is 16.7. The average molecular weight is 534 g/mol. The molecule has 1 N–H and O–H groups in total. The standard InChI is InChI=1S/C29H59NO5S/c1-8-10-11-12-13-14-15-16-17-18-19-20-21-22-23-24-25-29(36(33,34)35,28(3,4)9-2)26(27(31)32)30(5,6)7/h26H,8-25H2,1-7H3,(H-,31,32,33,34,35). The Bertz CT molecular complexity index is 699. The fraction of sp³-hybridized carbons (Fsp3) is 0.966. The lowest BCUT2D eigenvalue weighted by Crippen LogP contribution is -2.72. The number of carboxylic acids is 1. The lowest BCUT2D eigenvalue weighted by molar-refractivity contribution is -0.892. The molecule has 0 saturated heterocycles. The number of carboxylic acid groups (broad SMARTS) is 1. The second-order valence-corrected chi connectivity index (χ2v) is 14.2. The Hall–Kier alpha value is -0.660. The van der Waals surface area contributed by atoms with Crippen molar-refractivity contribution in [3.05, 3.63) is 0 Å². The fourth-order valence-corrected chi connectivity index (χ4v) is 7.77. The molecule has 0 aromatic carbocycles. The van der Waals surface area contributed by atoms with Crippen LogP contribution < -0.4 is 5.11 Å². The van der Waals surface area contributed by atoms with Crippen molar-refractivity contribution < 1.29 is 27.4 Å². The van der Waals surface area contributed by atoms with E-state index in [0.717, 1.165) is 19.3 Å². The van der Waals surface area contributed by atoms with E-state index in [1.54, 1.807) is 35.0 Å². The van der Waals surface area contributed by atoms with Crippen LogP contribution in [0.2, 0.25) is 0 Å². The van der Waals surface area contributed by atoms with E-state index in [1.165, 1.54) is 77.0 Å². The van der Waals surface area contributed by atoms with Gasteiger partial charge < -0.3 is 14.4 Å². The number of carbonyl (C=O) groups excluding carboxylic acids is 1. The predicted molar refractivity (Wildman–Crippen MR) is 149 cm³/mol. The first kappa shape index (κ1) is 35.3. The molecule has 0 fully saturated rings. The van der Waals surface area contributed by atoms with Gasteiger partial charge in [0.15, 0.2) is 10.8 Å². The largest absolute Gasteiger partial charge is 0.544 e. The number of hydrogen-bond donors (Lipinski definition) is 1. The zero-order valence-corrected chi connectivity index (χ0v) is 25.6. The van der Waals surface area contributed by atoms with E-state index in [2.05, 4.69) is 6.92 Å². The summed E-state index contributed by atoms with van der Waals surface area (Å²) < 4.78 is 34.3. The number of hydrogen-bond acceptors (Lipinski definition) is 4. The van der Waals surface area contributed by atoms with E-state index in [-0.39, 0.29) is 10.9 Å². The van der Waals surface area contributed by atoms with Crippen LogP contribution in [0.5, 0.6) is 0 Å². The number of rotatable bonds is 23. The van der Waals surface area contributed by atoms with Gasteiger partial charge in [-0.2, -0.15) is 8.42 Å². The third kappa shape index (κ3) is 11.4. The summed E-state index contributed by atoms with van der Waals surface area (Å²) in [6, 6.07) is -1.38. The summed E-state index contributed by atoms with van der Waals surface area (Å²) in [6.45, 7) is 7.59. The predicted octanol–water partition coefficient (Wildman–Crippen LogP) is 6.53. The Balaban J connectivity index is 4.63. The quantitative estimate of drug-likeness (QED) is 0.0916. The fourth-order valence-electron chi connectivity index (χ4n) is 5.83. The van der Waals surface area contributed by atoms with Crippen LogP contribution in [-0.4, -0.2) is 55.4 Å². The normalized spacial score (nSPS) is 15.6. The molecule has 6 nitrogen and oxygen atoms in total. The lowest BCUT2D eigenvalue weighted by Gasteiger charge is -2.52. The van der Waals surface area contributed by atoms with E-state index in [4.69, 9.17) is 0 Å². The lowest BCUT2D eigenvalue weighted by atomic mass is 9.68. The maximum Gasteiger partial charge on any atom is 0.277 e. The monoisotopic (exact) mass is 533 g/mol. The molecule has 216 valence electrons. The van der Waals surface area contributed by atoms with Gasteiger partial charge in [-0.1, -0.05) is 130 Å². The number of unbranched alkanes of at least 4 members (excludes halogenated alkanes) is 15. The minimum atomic E-state index is -4.68. The molecule has 0 aliphatic rings. The molecule has 0 rings (SSSR count). The van der Waals surface area contributed by atoms with Crippen molar-refractivity contribution in [2.75, 3.05) is 21.1 Å². The van der Waals surface area contributed by atoms with Crippen LogP contribution in [0.1, 0.15) is 143 Å². The molecule has 0 saturated carbocycles. The molecular weight excluding hydrogens is 474 g/mol. The molecule has 0 bridgehead atoms. The van der Waals surface area contributed by atoms with E-state index in [0.29, 0.717) is 12.8 Å². The van der Waals surface area contributed by atoms with E-state index in [9.17, 15) is 22.9 Å². The minimum Gasteiger partial charge on any atom is -0.544 e. The van der Waals surface area contributed by atoms with Crippen LogP contribution in [0.3, 0.4) is 0 Å². The Labute approximate surface area is 224 Å². The van der Waals surface area contributed by atoms with Crippen LogP contribution in [0, 0.1) is 5.41 Å². The highest BCUT2D eigenvalue weighted by Gasteiger charge is 2.63. The first-order valence-electron chi connectivity index (χ1n) is 14.7. The minimum absolute atomic E-state index is 0.110. The summed E-state index contributed by atoms with van der Waals surface area (Å²) in [6.07, 6.45) is 19.9. The van der Waals surface area contributed by atoms with Crippen molar-refractivity contribution in [2.24, 2.45) is 5.41 Å². The summed E-state index contributed by atoms with van der Waals surface area (Å²) in [7, 11) is 0.277. The third-order valence-corrected chi connectivity index (χ3v) is 10.2. The van der Waals surface area contributed by atoms with Gasteiger partial charge in [-0.05, 0) is 18.3 Å². The molecule has 0 radical (unpaired) electrons. The maximum absolute atomic E-state index is 12.9. The van der Waals surface area contributed by atoms with Crippen molar-refractivity contribution >= 4 is 16.1 Å². The van der Waals surface area contributed by atoms with Crippen LogP contribution in [0.15, 0.2) is 0 Å². The Morgan fingerprint density at radius 1 is 0.750 bits per heavy atom. The van der Waals surface area contributed by atoms with Crippen LogP contribution in [-0.2, 0) is 14.9 Å². The van der Waals surface area contributed by atoms with Gasteiger partial charge >= 0.3 is 0 Å². The molecule has 7 heteroatoms. The number of nitrogens with zero attached hydrogens (tertiary/aromatic N) is 1. The van der Waals surface area contributed by atoms with Crippen LogP contribution in [0.4, 0.5) is 0 Å². The van der Waals surface area contributed by atoms with Gasteiger partial charge in [-0.25, -0.2) is 0 Å². The van der Waals surface area contributed by atoms with Gasteiger partial charge in [0.1, 0.15) is 5.97 Å². The summed E-state index contributed by atoms with van der Waals surface area (Å²) in [4.78, 5) is 12.3. The van der Waals surface area contributed by atoms with Crippen molar-refractivity contribution in [3.8, 4) is 0 Å². The molecule has 0 aromatic rings. The number of carbonyl (C=O) groups is 1. The second kappa shape index (κ2) is 17.0. The highest BCUT2D eigenvalue weighted by Crippen LogP contribution is 2.48. The maximum atomic E-state index is 12.9. The third-order valence-electron chi connectivity index (χ3n) is 8.33. The molecular formula is C29H59NO5S. The SMILES string of the molecule is CCCCCCCCCCCCCCCCCCC(C(C(=O)[O-])[N+](C)(C)C)(C(C)(C)CC)S(=O)(=O)O. The van der Waals surface area contributed by atoms with Crippen molar-refractivity contribution in [1.29, 1.82) is 0 Å². The summed E-state index contributed by atoms with van der Waals surface area (Å²) in [5.41, 5.74) is -0.938. The topological polar surface area (TPSA) is 94.5 Å². The second-order valence-electron chi connectivity index (χ2n) is 12.5. The molecule has 0 spiro atoms. The van der Waals surface area contributed by atoms with E-state index in [1.807, 2.05) is 6.92 Å². The van der Waals surface area contributed by atoms with Crippen LogP contribution >= 0.6 is 0 Å². The molecule has 0 amide bonds. The zero-order chi connectivity index (χ0) is 27.9. The summed E-state index contributed by atoms with van der Waals surface area (Å²) in [5, 5.41) is 12.3. The van der Waals surface area contributed by atoms with Crippen molar-refractivity contribution in [3.63, 3.8) is 0 Å². The molecule has 2 atom stereocenters. The van der Waals surface area contributed by atoms with Gasteiger partial charge in [0.05, 0.1) is 21.1 Å².